The second-order valence-corrected chi connectivity index (χ2v) is 9.46. The highest BCUT2D eigenvalue weighted by Crippen LogP contribution is 2.38. The molecule has 1 N–H and O–H groups in total. The highest BCUT2D eigenvalue weighted by atomic mass is 35.5. The summed E-state index contributed by atoms with van der Waals surface area (Å²) >= 11 is 6.34. The number of carbonyl (C=O) groups excluding carboxylic acids is 1. The minimum absolute atomic E-state index is 0.0274. The second kappa shape index (κ2) is 12.5. The van der Waals surface area contributed by atoms with Crippen LogP contribution in [0.1, 0.15) is 35.2 Å². The van der Waals surface area contributed by atoms with Crippen LogP contribution < -0.4 is 5.32 Å². The van der Waals surface area contributed by atoms with Crippen LogP contribution >= 0.6 is 11.6 Å². The van der Waals surface area contributed by atoms with Gasteiger partial charge in [0.2, 0.25) is 0 Å². The summed E-state index contributed by atoms with van der Waals surface area (Å²) < 4.78 is 10.4. The van der Waals surface area contributed by atoms with Crippen molar-refractivity contribution < 1.29 is 14.3 Å². The highest BCUT2D eigenvalue weighted by Gasteiger charge is 2.26. The van der Waals surface area contributed by atoms with Crippen LogP contribution in [0.4, 0.5) is 4.79 Å². The Bertz CT molecular complexity index is 1040. The number of carbonyl (C=O) groups is 1. The minimum Gasteiger partial charge on any atom is -0.383 e. The predicted molar refractivity (Wildman–Crippen MR) is 139 cm³/mol. The number of urea groups is 1. The van der Waals surface area contributed by atoms with Crippen molar-refractivity contribution in [3.8, 4) is 0 Å². The van der Waals surface area contributed by atoms with Crippen molar-refractivity contribution in [3.05, 3.63) is 69.5 Å². The number of piperidine rings is 1. The largest absolute Gasteiger partial charge is 0.383 e. The van der Waals surface area contributed by atoms with Crippen LogP contribution in [0.25, 0.3) is 5.57 Å². The number of benzene rings is 1. The summed E-state index contributed by atoms with van der Waals surface area (Å²) in [6, 6.07) is 10.4. The number of rotatable bonds is 8. The topological polar surface area (TPSA) is 66.9 Å². The fraction of sp³-hybridized carbons (Fsp3) is 0.481. The Morgan fingerprint density at radius 2 is 1.77 bits per heavy atom. The molecular formula is C27H35ClN4O3. The van der Waals surface area contributed by atoms with Crippen LogP contribution in [0, 0.1) is 0 Å². The zero-order valence-electron chi connectivity index (χ0n) is 20.7. The summed E-state index contributed by atoms with van der Waals surface area (Å²) in [4.78, 5) is 21.7. The van der Waals surface area contributed by atoms with E-state index in [1.165, 1.54) is 27.8 Å². The fourth-order valence-electron chi connectivity index (χ4n) is 4.86. The Kier molecular flexibility index (Phi) is 9.15. The molecule has 0 radical (unpaired) electrons. The number of fused-ring (bicyclic) bond motifs is 2. The predicted octanol–water partition coefficient (Wildman–Crippen LogP) is 3.99. The number of likely N-dealkylation sites (tertiary alicyclic amines) is 1. The molecule has 2 aliphatic rings. The highest BCUT2D eigenvalue weighted by molar-refractivity contribution is 6.30. The SMILES string of the molecule is COCCN(CCOC)CNC(=O)N1CCC(=C2c3ccc(Cl)cc3CCc3cccnc32)CC1. The lowest BCUT2D eigenvalue weighted by Gasteiger charge is -2.31. The van der Waals surface area contributed by atoms with Gasteiger partial charge in [-0.25, -0.2) is 4.79 Å². The summed E-state index contributed by atoms with van der Waals surface area (Å²) in [5.74, 6) is 0. The van der Waals surface area contributed by atoms with E-state index in [1.807, 2.05) is 23.2 Å². The van der Waals surface area contributed by atoms with Gasteiger partial charge in [0, 0.05) is 57.2 Å². The quantitative estimate of drug-likeness (QED) is 0.557. The third-order valence-corrected chi connectivity index (χ3v) is 7.05. The van der Waals surface area contributed by atoms with E-state index in [-0.39, 0.29) is 6.03 Å². The number of halogens is 1. The van der Waals surface area contributed by atoms with Gasteiger partial charge in [-0.2, -0.15) is 0 Å². The Morgan fingerprint density at radius 1 is 1.06 bits per heavy atom. The van der Waals surface area contributed by atoms with Gasteiger partial charge in [-0.3, -0.25) is 9.88 Å². The first-order valence-corrected chi connectivity index (χ1v) is 12.7. The Morgan fingerprint density at radius 3 is 2.49 bits per heavy atom. The van der Waals surface area contributed by atoms with Crippen molar-refractivity contribution in [2.45, 2.75) is 25.7 Å². The average molecular weight is 499 g/mol. The van der Waals surface area contributed by atoms with Crippen molar-refractivity contribution in [2.75, 3.05) is 60.3 Å². The number of amides is 2. The summed E-state index contributed by atoms with van der Waals surface area (Å²) in [6.45, 7) is 4.56. The van der Waals surface area contributed by atoms with E-state index in [1.54, 1.807) is 14.2 Å². The van der Waals surface area contributed by atoms with E-state index in [9.17, 15) is 4.79 Å². The molecule has 0 saturated carbocycles. The van der Waals surface area contributed by atoms with E-state index in [2.05, 4.69) is 28.4 Å². The molecule has 4 rings (SSSR count). The first-order valence-electron chi connectivity index (χ1n) is 12.3. The molecule has 188 valence electrons. The van der Waals surface area contributed by atoms with Gasteiger partial charge in [0.05, 0.1) is 25.6 Å². The van der Waals surface area contributed by atoms with Gasteiger partial charge in [0.25, 0.3) is 0 Å². The molecule has 1 saturated heterocycles. The molecule has 1 aliphatic heterocycles. The molecule has 0 bridgehead atoms. The van der Waals surface area contributed by atoms with Crippen LogP contribution in [0.3, 0.4) is 0 Å². The standard InChI is InChI=1S/C27H35ClN4O3/c1-34-16-14-31(15-17-35-2)19-30-27(33)32-12-9-20(10-13-32)25-24-8-7-23(28)18-22(24)6-5-21-4-3-11-29-26(21)25/h3-4,7-8,11,18H,5-6,9-10,12-17,19H2,1-2H3,(H,30,33). The first-order chi connectivity index (χ1) is 17.1. The number of aromatic nitrogens is 1. The molecule has 35 heavy (non-hydrogen) atoms. The lowest BCUT2D eigenvalue weighted by Crippen LogP contribution is -2.48. The van der Waals surface area contributed by atoms with Gasteiger partial charge >= 0.3 is 6.03 Å². The van der Waals surface area contributed by atoms with Crippen molar-refractivity contribution in [1.29, 1.82) is 0 Å². The van der Waals surface area contributed by atoms with Crippen molar-refractivity contribution >= 4 is 23.2 Å². The molecule has 1 aromatic heterocycles. The molecule has 7 nitrogen and oxygen atoms in total. The zero-order valence-corrected chi connectivity index (χ0v) is 21.4. The normalized spacial score (nSPS) is 15.6. The monoisotopic (exact) mass is 498 g/mol. The van der Waals surface area contributed by atoms with Crippen LogP contribution in [0.15, 0.2) is 42.1 Å². The van der Waals surface area contributed by atoms with Gasteiger partial charge in [-0.15, -0.1) is 0 Å². The molecule has 2 amide bonds. The Hall–Kier alpha value is -2.45. The van der Waals surface area contributed by atoms with Crippen LogP contribution in [-0.4, -0.2) is 81.1 Å². The average Bonchev–Trinajstić information content (AvgIpc) is 3.04. The van der Waals surface area contributed by atoms with Gasteiger partial charge in [0.15, 0.2) is 0 Å². The first kappa shape index (κ1) is 25.6. The molecule has 1 aliphatic carbocycles. The van der Waals surface area contributed by atoms with Crippen molar-refractivity contribution in [3.63, 3.8) is 0 Å². The maximum atomic E-state index is 12.9. The van der Waals surface area contributed by atoms with E-state index < -0.39 is 0 Å². The fourth-order valence-corrected chi connectivity index (χ4v) is 5.06. The smallest absolute Gasteiger partial charge is 0.318 e. The molecule has 0 unspecified atom stereocenters. The van der Waals surface area contributed by atoms with Crippen LogP contribution in [0.5, 0.6) is 0 Å². The van der Waals surface area contributed by atoms with Crippen LogP contribution in [-0.2, 0) is 22.3 Å². The Balaban J connectivity index is 1.47. The van der Waals surface area contributed by atoms with Gasteiger partial charge in [-0.1, -0.05) is 29.3 Å². The molecule has 8 heteroatoms. The number of methoxy groups -OCH3 is 2. The molecule has 2 aromatic rings. The molecule has 1 fully saturated rings. The molecular weight excluding hydrogens is 464 g/mol. The maximum absolute atomic E-state index is 12.9. The van der Waals surface area contributed by atoms with Gasteiger partial charge < -0.3 is 19.7 Å². The number of hydrogen-bond donors (Lipinski definition) is 1. The third-order valence-electron chi connectivity index (χ3n) is 6.81. The summed E-state index contributed by atoms with van der Waals surface area (Å²) in [5, 5.41) is 3.84. The summed E-state index contributed by atoms with van der Waals surface area (Å²) in [7, 11) is 3.37. The molecule has 0 spiro atoms. The maximum Gasteiger partial charge on any atom is 0.318 e. The minimum atomic E-state index is -0.0274. The number of pyridine rings is 1. The summed E-state index contributed by atoms with van der Waals surface area (Å²) in [6.07, 6.45) is 5.44. The number of nitrogens with one attached hydrogen (secondary N) is 1. The lowest BCUT2D eigenvalue weighted by atomic mass is 9.88. The van der Waals surface area contributed by atoms with Crippen LogP contribution in [0.2, 0.25) is 5.02 Å². The number of hydrogen-bond acceptors (Lipinski definition) is 5. The van der Waals surface area contributed by atoms with E-state index in [4.69, 9.17) is 26.1 Å². The van der Waals surface area contributed by atoms with E-state index in [0.29, 0.717) is 33.0 Å². The Labute approximate surface area is 213 Å². The van der Waals surface area contributed by atoms with Crippen molar-refractivity contribution in [2.24, 2.45) is 0 Å². The molecule has 2 heterocycles. The second-order valence-electron chi connectivity index (χ2n) is 9.02. The van der Waals surface area contributed by atoms with Crippen molar-refractivity contribution in [1.82, 2.24) is 20.1 Å². The number of nitrogens with zero attached hydrogens (tertiary/aromatic N) is 3. The third kappa shape index (κ3) is 6.41. The number of ether oxygens (including phenoxy) is 2. The van der Waals surface area contributed by atoms with Gasteiger partial charge in [-0.05, 0) is 60.6 Å². The summed E-state index contributed by atoms with van der Waals surface area (Å²) in [5.41, 5.74) is 7.44. The van der Waals surface area contributed by atoms with E-state index >= 15 is 0 Å². The van der Waals surface area contributed by atoms with E-state index in [0.717, 1.165) is 49.5 Å². The molecule has 1 aromatic carbocycles. The number of aryl methyl sites for hydroxylation is 2. The molecule has 0 atom stereocenters. The lowest BCUT2D eigenvalue weighted by molar-refractivity contribution is 0.107. The zero-order chi connectivity index (χ0) is 24.6. The van der Waals surface area contributed by atoms with Gasteiger partial charge in [0.1, 0.15) is 0 Å².